The van der Waals surface area contributed by atoms with Crippen LogP contribution in [0.2, 0.25) is 0 Å². The van der Waals surface area contributed by atoms with Crippen molar-refractivity contribution in [2.24, 2.45) is 0 Å². The van der Waals surface area contributed by atoms with Crippen LogP contribution in [0, 0.1) is 0 Å². The number of aromatic nitrogens is 1. The summed E-state index contributed by atoms with van der Waals surface area (Å²) in [5.41, 5.74) is 3.11. The Balaban J connectivity index is 0.00000108. The second-order valence-electron chi connectivity index (χ2n) is 3.69. The van der Waals surface area contributed by atoms with Gasteiger partial charge in [-0.1, -0.05) is 36.4 Å². The van der Waals surface area contributed by atoms with E-state index in [9.17, 15) is 0 Å². The molecule has 0 aliphatic heterocycles. The van der Waals surface area contributed by atoms with Crippen LogP contribution in [0.5, 0.6) is 0 Å². The van der Waals surface area contributed by atoms with Gasteiger partial charge >= 0.3 is 29.6 Å². The summed E-state index contributed by atoms with van der Waals surface area (Å²) >= 11 is 10.2. The first kappa shape index (κ1) is 13.0. The summed E-state index contributed by atoms with van der Waals surface area (Å²) in [6.07, 6.45) is 0. The maximum absolute atomic E-state index is 5.09. The van der Waals surface area contributed by atoms with E-state index in [2.05, 4.69) is 23.2 Å². The summed E-state index contributed by atoms with van der Waals surface area (Å²) in [6, 6.07) is 14.3. The monoisotopic (exact) mass is 265 g/mol. The number of hydrogen-bond acceptors (Lipinski definition) is 2. The summed E-state index contributed by atoms with van der Waals surface area (Å²) in [4.78, 5) is 3.37. The molecule has 78 valence electrons. The summed E-state index contributed by atoms with van der Waals surface area (Å²) in [5.74, 6) is 0. The zero-order chi connectivity index (χ0) is 11.1. The van der Waals surface area contributed by atoms with Gasteiger partial charge in [0.1, 0.15) is 0 Å². The van der Waals surface area contributed by atoms with Gasteiger partial charge in [0.25, 0.3) is 0 Å². The maximum atomic E-state index is 5.09. The standard InChI is InChI=1S/C13H9NS2.Na/c15-13(16)10-6-3-5-9-8-4-1-2-7-11(8)14-12(9)10;/h1-7,14H,(H,15,16);/q;+1/p-1. The van der Waals surface area contributed by atoms with Gasteiger partial charge < -0.3 is 29.8 Å². The van der Waals surface area contributed by atoms with E-state index in [1.807, 2.05) is 24.3 Å². The summed E-state index contributed by atoms with van der Waals surface area (Å²) in [6.45, 7) is 0. The van der Waals surface area contributed by atoms with Gasteiger partial charge in [-0.25, -0.2) is 0 Å². The molecular formula is C13H8NNaS2. The second kappa shape index (κ2) is 5.04. The molecule has 3 rings (SSSR count). The molecule has 0 radical (unpaired) electrons. The molecular weight excluding hydrogens is 257 g/mol. The molecule has 0 amide bonds. The van der Waals surface area contributed by atoms with Crippen molar-refractivity contribution in [3.63, 3.8) is 0 Å². The molecule has 0 saturated carbocycles. The second-order valence-corrected chi connectivity index (χ2v) is 4.76. The molecule has 0 atom stereocenters. The van der Waals surface area contributed by atoms with Crippen molar-refractivity contribution in [2.75, 3.05) is 0 Å². The van der Waals surface area contributed by atoms with Gasteiger partial charge in [0.05, 0.1) is 5.52 Å². The zero-order valence-corrected chi connectivity index (χ0v) is 13.0. The van der Waals surface area contributed by atoms with Gasteiger partial charge in [0.2, 0.25) is 0 Å². The minimum atomic E-state index is 0. The fourth-order valence-corrected chi connectivity index (χ4v) is 2.38. The molecule has 3 aromatic rings. The van der Waals surface area contributed by atoms with Crippen LogP contribution in [0.25, 0.3) is 21.8 Å². The molecule has 0 fully saturated rings. The predicted octanol–water partition coefficient (Wildman–Crippen LogP) is 0.548. The third kappa shape index (κ3) is 2.14. The van der Waals surface area contributed by atoms with Crippen molar-refractivity contribution in [1.29, 1.82) is 0 Å². The minimum absolute atomic E-state index is 0. The summed E-state index contributed by atoms with van der Waals surface area (Å²) in [5, 5.41) is 2.39. The number of benzene rings is 2. The zero-order valence-electron chi connectivity index (χ0n) is 9.36. The number of aromatic amines is 1. The molecule has 0 aliphatic carbocycles. The Morgan fingerprint density at radius 1 is 1.00 bits per heavy atom. The number of rotatable bonds is 1. The molecule has 1 aromatic heterocycles. The number of nitrogens with one attached hydrogen (secondary N) is 1. The number of para-hydroxylation sites is 2. The number of hydrogen-bond donors (Lipinski definition) is 1. The molecule has 0 bridgehead atoms. The van der Waals surface area contributed by atoms with Crippen molar-refractivity contribution in [3.05, 3.63) is 48.0 Å². The van der Waals surface area contributed by atoms with Crippen LogP contribution in [0.1, 0.15) is 5.56 Å². The Bertz CT molecular complexity index is 703. The van der Waals surface area contributed by atoms with E-state index in [1.54, 1.807) is 0 Å². The van der Waals surface area contributed by atoms with Crippen LogP contribution >= 0.6 is 12.2 Å². The minimum Gasteiger partial charge on any atom is -0.428 e. The van der Waals surface area contributed by atoms with Crippen LogP contribution in [0.3, 0.4) is 0 Å². The number of H-pyrrole nitrogens is 1. The largest absolute Gasteiger partial charge is 1.00 e. The molecule has 1 nitrogen and oxygen atoms in total. The Labute approximate surface area is 132 Å². The molecule has 0 saturated heterocycles. The Hall–Kier alpha value is -0.450. The van der Waals surface area contributed by atoms with Crippen molar-refractivity contribution < 1.29 is 29.6 Å². The number of thiocarbonyl (C=S) groups is 1. The van der Waals surface area contributed by atoms with Crippen LogP contribution in [-0.2, 0) is 12.6 Å². The van der Waals surface area contributed by atoms with Gasteiger partial charge in [-0.15, -0.1) is 4.20 Å². The average Bonchev–Trinajstić information content (AvgIpc) is 2.67. The van der Waals surface area contributed by atoms with Crippen molar-refractivity contribution in [2.45, 2.75) is 0 Å². The van der Waals surface area contributed by atoms with Crippen molar-refractivity contribution in [3.8, 4) is 0 Å². The van der Waals surface area contributed by atoms with E-state index < -0.39 is 0 Å². The van der Waals surface area contributed by atoms with E-state index >= 15 is 0 Å². The van der Waals surface area contributed by atoms with Crippen LogP contribution in [0.4, 0.5) is 0 Å². The molecule has 4 heteroatoms. The first-order valence-corrected chi connectivity index (χ1v) is 5.80. The fraction of sp³-hybridized carbons (Fsp3) is 0. The topological polar surface area (TPSA) is 15.8 Å². The Kier molecular flexibility index (Phi) is 3.85. The van der Waals surface area contributed by atoms with E-state index in [0.29, 0.717) is 4.20 Å². The average molecular weight is 265 g/mol. The molecule has 17 heavy (non-hydrogen) atoms. The maximum Gasteiger partial charge on any atom is 1.00 e. The normalized spacial score (nSPS) is 10.4. The Morgan fingerprint density at radius 2 is 1.71 bits per heavy atom. The van der Waals surface area contributed by atoms with E-state index in [-0.39, 0.29) is 29.6 Å². The van der Waals surface area contributed by atoms with Gasteiger partial charge in [0.15, 0.2) is 0 Å². The smallest absolute Gasteiger partial charge is 0.428 e. The molecule has 1 N–H and O–H groups in total. The molecule has 2 aromatic carbocycles. The predicted molar refractivity (Wildman–Crippen MR) is 74.9 cm³/mol. The van der Waals surface area contributed by atoms with Crippen LogP contribution in [0.15, 0.2) is 42.5 Å². The third-order valence-corrected chi connectivity index (χ3v) is 3.20. The first-order valence-electron chi connectivity index (χ1n) is 4.98. The Morgan fingerprint density at radius 3 is 2.47 bits per heavy atom. The first-order chi connectivity index (χ1) is 7.77. The fourth-order valence-electron chi connectivity index (χ4n) is 2.04. The van der Waals surface area contributed by atoms with E-state index in [1.165, 1.54) is 10.8 Å². The quantitative estimate of drug-likeness (QED) is 0.393. The van der Waals surface area contributed by atoms with Gasteiger partial charge in [-0.3, -0.25) is 0 Å². The molecule has 0 unspecified atom stereocenters. The van der Waals surface area contributed by atoms with Gasteiger partial charge in [-0.2, -0.15) is 0 Å². The van der Waals surface area contributed by atoms with Crippen molar-refractivity contribution in [1.82, 2.24) is 4.98 Å². The SMILES string of the molecule is S=C([S-])c1cccc2c1[nH]c1ccccc12.[Na+]. The van der Waals surface area contributed by atoms with Gasteiger partial charge in [-0.05, 0) is 11.6 Å². The summed E-state index contributed by atoms with van der Waals surface area (Å²) < 4.78 is 0.511. The van der Waals surface area contributed by atoms with Crippen LogP contribution < -0.4 is 29.6 Å². The van der Waals surface area contributed by atoms with Crippen LogP contribution in [-0.4, -0.2) is 9.18 Å². The molecule has 1 heterocycles. The van der Waals surface area contributed by atoms with Crippen molar-refractivity contribution >= 4 is 50.8 Å². The third-order valence-electron chi connectivity index (χ3n) is 2.76. The van der Waals surface area contributed by atoms with E-state index in [0.717, 1.165) is 16.6 Å². The number of fused-ring (bicyclic) bond motifs is 3. The van der Waals surface area contributed by atoms with E-state index in [4.69, 9.17) is 24.8 Å². The molecule has 0 aliphatic rings. The van der Waals surface area contributed by atoms with Gasteiger partial charge in [0, 0.05) is 16.3 Å². The summed E-state index contributed by atoms with van der Waals surface area (Å²) in [7, 11) is 0. The molecule has 0 spiro atoms.